The Balaban J connectivity index is 1.99. The van der Waals surface area contributed by atoms with Crippen LogP contribution in [0.4, 0.5) is 5.69 Å². The Hall–Kier alpha value is -1.35. The SMILES string of the molecule is CC(C)c1ccccc1NC(=O)C[C@@H]1CCC[C@H]1N. The van der Waals surface area contributed by atoms with Crippen LogP contribution in [0.15, 0.2) is 24.3 Å². The number of amides is 1. The van der Waals surface area contributed by atoms with Crippen LogP contribution in [0.25, 0.3) is 0 Å². The third-order valence-corrected chi connectivity index (χ3v) is 4.02. The lowest BCUT2D eigenvalue weighted by Crippen LogP contribution is -2.28. The number of carbonyl (C=O) groups is 1. The Morgan fingerprint density at radius 1 is 1.37 bits per heavy atom. The van der Waals surface area contributed by atoms with E-state index in [9.17, 15) is 4.79 Å². The molecular weight excluding hydrogens is 236 g/mol. The zero-order valence-corrected chi connectivity index (χ0v) is 11.9. The van der Waals surface area contributed by atoms with Crippen LogP contribution >= 0.6 is 0 Å². The van der Waals surface area contributed by atoms with E-state index in [1.807, 2.05) is 18.2 Å². The van der Waals surface area contributed by atoms with Crippen LogP contribution in [-0.2, 0) is 4.79 Å². The van der Waals surface area contributed by atoms with Gasteiger partial charge in [-0.2, -0.15) is 0 Å². The van der Waals surface area contributed by atoms with E-state index in [2.05, 4.69) is 25.2 Å². The summed E-state index contributed by atoms with van der Waals surface area (Å²) in [4.78, 5) is 12.1. The fourth-order valence-electron chi connectivity index (χ4n) is 2.87. The highest BCUT2D eigenvalue weighted by atomic mass is 16.1. The summed E-state index contributed by atoms with van der Waals surface area (Å²) in [6.07, 6.45) is 3.84. The van der Waals surface area contributed by atoms with Gasteiger partial charge in [0, 0.05) is 18.2 Å². The number of para-hydroxylation sites is 1. The maximum Gasteiger partial charge on any atom is 0.224 e. The van der Waals surface area contributed by atoms with E-state index in [4.69, 9.17) is 5.73 Å². The molecule has 1 aliphatic carbocycles. The number of carbonyl (C=O) groups excluding carboxylic acids is 1. The summed E-state index contributed by atoms with van der Waals surface area (Å²) >= 11 is 0. The second-order valence-electron chi connectivity index (χ2n) is 5.85. The molecule has 1 amide bonds. The number of anilines is 1. The van der Waals surface area contributed by atoms with Gasteiger partial charge in [-0.1, -0.05) is 38.5 Å². The summed E-state index contributed by atoms with van der Waals surface area (Å²) < 4.78 is 0. The first-order valence-corrected chi connectivity index (χ1v) is 7.22. The van der Waals surface area contributed by atoms with Crippen LogP contribution < -0.4 is 11.1 Å². The molecule has 0 unspecified atom stereocenters. The van der Waals surface area contributed by atoms with Gasteiger partial charge in [-0.15, -0.1) is 0 Å². The van der Waals surface area contributed by atoms with Gasteiger partial charge >= 0.3 is 0 Å². The number of rotatable bonds is 4. The summed E-state index contributed by atoms with van der Waals surface area (Å²) in [5.74, 6) is 0.854. The summed E-state index contributed by atoms with van der Waals surface area (Å²) in [5, 5.41) is 3.04. The zero-order chi connectivity index (χ0) is 13.8. The standard InChI is InChI=1S/C16H24N2O/c1-11(2)13-7-3-4-9-15(13)18-16(19)10-12-6-5-8-14(12)17/h3-4,7,9,11-12,14H,5-6,8,10,17H2,1-2H3,(H,18,19)/t12-,14+/m0/s1. The molecule has 1 aromatic carbocycles. The van der Waals surface area contributed by atoms with Gasteiger partial charge in [-0.05, 0) is 36.3 Å². The number of benzene rings is 1. The van der Waals surface area contributed by atoms with Crippen molar-refractivity contribution in [1.29, 1.82) is 0 Å². The predicted molar refractivity (Wildman–Crippen MR) is 79.1 cm³/mol. The van der Waals surface area contributed by atoms with Crippen molar-refractivity contribution in [2.24, 2.45) is 11.7 Å². The number of nitrogens with two attached hydrogens (primary N) is 1. The minimum Gasteiger partial charge on any atom is -0.327 e. The summed E-state index contributed by atoms with van der Waals surface area (Å²) in [7, 11) is 0. The van der Waals surface area contributed by atoms with Crippen molar-refractivity contribution in [3.05, 3.63) is 29.8 Å². The lowest BCUT2D eigenvalue weighted by molar-refractivity contribution is -0.117. The first-order chi connectivity index (χ1) is 9.08. The molecule has 1 saturated carbocycles. The molecule has 0 saturated heterocycles. The van der Waals surface area contributed by atoms with E-state index in [1.165, 1.54) is 5.56 Å². The largest absolute Gasteiger partial charge is 0.327 e. The molecule has 3 N–H and O–H groups in total. The van der Waals surface area contributed by atoms with Gasteiger partial charge in [-0.25, -0.2) is 0 Å². The molecule has 0 aromatic heterocycles. The molecule has 1 fully saturated rings. The minimum absolute atomic E-state index is 0.0930. The van der Waals surface area contributed by atoms with Crippen molar-refractivity contribution in [1.82, 2.24) is 0 Å². The first-order valence-electron chi connectivity index (χ1n) is 7.22. The predicted octanol–water partition coefficient (Wildman–Crippen LogP) is 3.27. The molecule has 0 aliphatic heterocycles. The summed E-state index contributed by atoms with van der Waals surface area (Å²) in [5.41, 5.74) is 8.14. The van der Waals surface area contributed by atoms with Crippen molar-refractivity contribution in [2.45, 2.75) is 51.5 Å². The molecule has 3 heteroatoms. The van der Waals surface area contributed by atoms with Crippen LogP contribution in [-0.4, -0.2) is 11.9 Å². The fraction of sp³-hybridized carbons (Fsp3) is 0.562. The van der Waals surface area contributed by atoms with E-state index < -0.39 is 0 Å². The Morgan fingerprint density at radius 3 is 2.74 bits per heavy atom. The van der Waals surface area contributed by atoms with Crippen LogP contribution in [0.2, 0.25) is 0 Å². The van der Waals surface area contributed by atoms with Crippen molar-refractivity contribution in [3.63, 3.8) is 0 Å². The van der Waals surface area contributed by atoms with Gasteiger partial charge in [0.1, 0.15) is 0 Å². The normalized spacial score (nSPS) is 22.7. The van der Waals surface area contributed by atoms with Gasteiger partial charge in [0.05, 0.1) is 0 Å². The smallest absolute Gasteiger partial charge is 0.224 e. The van der Waals surface area contributed by atoms with E-state index >= 15 is 0 Å². The highest BCUT2D eigenvalue weighted by molar-refractivity contribution is 5.91. The average molecular weight is 260 g/mol. The second-order valence-corrected chi connectivity index (χ2v) is 5.85. The fourth-order valence-corrected chi connectivity index (χ4v) is 2.87. The number of hydrogen-bond acceptors (Lipinski definition) is 2. The maximum atomic E-state index is 12.1. The Morgan fingerprint density at radius 2 is 2.11 bits per heavy atom. The van der Waals surface area contributed by atoms with Gasteiger partial charge in [-0.3, -0.25) is 4.79 Å². The third-order valence-electron chi connectivity index (χ3n) is 4.02. The molecule has 2 rings (SSSR count). The molecule has 2 atom stereocenters. The minimum atomic E-state index is 0.0930. The van der Waals surface area contributed by atoms with Crippen molar-refractivity contribution in [3.8, 4) is 0 Å². The van der Waals surface area contributed by atoms with E-state index in [0.29, 0.717) is 18.3 Å². The first kappa shape index (κ1) is 14.1. The molecule has 1 aromatic rings. The molecular formula is C16H24N2O. The van der Waals surface area contributed by atoms with Crippen LogP contribution in [0, 0.1) is 5.92 Å². The average Bonchev–Trinajstić information content (AvgIpc) is 2.75. The van der Waals surface area contributed by atoms with Gasteiger partial charge in [0.25, 0.3) is 0 Å². The Bertz CT molecular complexity index is 442. The van der Waals surface area contributed by atoms with E-state index in [-0.39, 0.29) is 11.9 Å². The highest BCUT2D eigenvalue weighted by Crippen LogP contribution is 2.28. The third kappa shape index (κ3) is 3.57. The molecule has 0 spiro atoms. The number of nitrogens with one attached hydrogen (secondary N) is 1. The molecule has 3 nitrogen and oxygen atoms in total. The quantitative estimate of drug-likeness (QED) is 0.873. The summed E-state index contributed by atoms with van der Waals surface area (Å²) in [6.45, 7) is 4.27. The Kier molecular flexibility index (Phi) is 4.59. The highest BCUT2D eigenvalue weighted by Gasteiger charge is 2.26. The van der Waals surface area contributed by atoms with Gasteiger partial charge in [0.2, 0.25) is 5.91 Å². The van der Waals surface area contributed by atoms with Crippen LogP contribution in [0.1, 0.15) is 51.0 Å². The zero-order valence-electron chi connectivity index (χ0n) is 11.9. The van der Waals surface area contributed by atoms with Crippen molar-refractivity contribution < 1.29 is 4.79 Å². The lowest BCUT2D eigenvalue weighted by Gasteiger charge is -2.17. The van der Waals surface area contributed by atoms with Crippen molar-refractivity contribution in [2.75, 3.05) is 5.32 Å². The van der Waals surface area contributed by atoms with Crippen molar-refractivity contribution >= 4 is 11.6 Å². The van der Waals surface area contributed by atoms with E-state index in [1.54, 1.807) is 0 Å². The van der Waals surface area contributed by atoms with Crippen LogP contribution in [0.5, 0.6) is 0 Å². The molecule has 0 heterocycles. The van der Waals surface area contributed by atoms with Gasteiger partial charge in [0.15, 0.2) is 0 Å². The molecule has 19 heavy (non-hydrogen) atoms. The van der Waals surface area contributed by atoms with Crippen LogP contribution in [0.3, 0.4) is 0 Å². The Labute approximate surface area is 115 Å². The molecule has 0 radical (unpaired) electrons. The summed E-state index contributed by atoms with van der Waals surface area (Å²) in [6, 6.07) is 8.22. The molecule has 104 valence electrons. The second kappa shape index (κ2) is 6.20. The number of hydrogen-bond donors (Lipinski definition) is 2. The lowest BCUT2D eigenvalue weighted by atomic mass is 9.98. The maximum absolute atomic E-state index is 12.1. The monoisotopic (exact) mass is 260 g/mol. The molecule has 0 bridgehead atoms. The van der Waals surface area contributed by atoms with Gasteiger partial charge < -0.3 is 11.1 Å². The molecule has 1 aliphatic rings. The topological polar surface area (TPSA) is 55.1 Å². The van der Waals surface area contributed by atoms with E-state index in [0.717, 1.165) is 24.9 Å².